The Labute approximate surface area is 188 Å². The fourth-order valence-corrected chi connectivity index (χ4v) is 3.63. The first-order chi connectivity index (χ1) is 15.6. The number of nitrogens with one attached hydrogen (secondary N) is 1. The SMILES string of the molecule is CCNC(=O)N(Cc1c(C)nn(-c2ccccc2)c1Oc1cccc(OC)c1)CC1CC1. The number of benzene rings is 2. The molecule has 1 N–H and O–H groups in total. The summed E-state index contributed by atoms with van der Waals surface area (Å²) in [7, 11) is 1.63. The minimum absolute atomic E-state index is 0.0569. The van der Waals surface area contributed by atoms with Gasteiger partial charge in [-0.25, -0.2) is 9.48 Å². The molecule has 1 aromatic heterocycles. The molecule has 7 nitrogen and oxygen atoms in total. The molecule has 32 heavy (non-hydrogen) atoms. The maximum atomic E-state index is 12.8. The monoisotopic (exact) mass is 434 g/mol. The van der Waals surface area contributed by atoms with Crippen molar-refractivity contribution in [1.29, 1.82) is 0 Å². The van der Waals surface area contributed by atoms with E-state index in [-0.39, 0.29) is 6.03 Å². The molecule has 0 radical (unpaired) electrons. The first-order valence-electron chi connectivity index (χ1n) is 11.1. The fraction of sp³-hybridized carbons (Fsp3) is 0.360. The van der Waals surface area contributed by atoms with Gasteiger partial charge in [-0.1, -0.05) is 24.3 Å². The number of rotatable bonds is 9. The third-order valence-corrected chi connectivity index (χ3v) is 5.53. The van der Waals surface area contributed by atoms with Crippen LogP contribution in [0.4, 0.5) is 4.79 Å². The van der Waals surface area contributed by atoms with Crippen LogP contribution in [0.25, 0.3) is 5.69 Å². The Morgan fingerprint density at radius 3 is 2.59 bits per heavy atom. The van der Waals surface area contributed by atoms with Crippen LogP contribution < -0.4 is 14.8 Å². The number of hydrogen-bond donors (Lipinski definition) is 1. The van der Waals surface area contributed by atoms with Crippen molar-refractivity contribution in [3.05, 3.63) is 65.9 Å². The summed E-state index contributed by atoms with van der Waals surface area (Å²) < 4.78 is 13.5. The number of methoxy groups -OCH3 is 1. The largest absolute Gasteiger partial charge is 0.497 e. The Kier molecular flexibility index (Phi) is 6.63. The van der Waals surface area contributed by atoms with Crippen LogP contribution in [0.3, 0.4) is 0 Å². The predicted molar refractivity (Wildman–Crippen MR) is 124 cm³/mol. The second-order valence-corrected chi connectivity index (χ2v) is 8.06. The summed E-state index contributed by atoms with van der Waals surface area (Å²) in [6, 6.07) is 17.3. The van der Waals surface area contributed by atoms with Gasteiger partial charge in [0.2, 0.25) is 5.88 Å². The highest BCUT2D eigenvalue weighted by molar-refractivity contribution is 5.74. The summed E-state index contributed by atoms with van der Waals surface area (Å²) in [5, 5.41) is 7.72. The number of carbonyl (C=O) groups excluding carboxylic acids is 1. The minimum atomic E-state index is -0.0569. The van der Waals surface area contributed by atoms with Crippen molar-refractivity contribution < 1.29 is 14.3 Å². The number of nitrogens with zero attached hydrogens (tertiary/aromatic N) is 3. The molecule has 1 aliphatic carbocycles. The number of hydrogen-bond acceptors (Lipinski definition) is 4. The number of ether oxygens (including phenoxy) is 2. The average molecular weight is 435 g/mol. The van der Waals surface area contributed by atoms with Crippen molar-refractivity contribution in [2.45, 2.75) is 33.2 Å². The highest BCUT2D eigenvalue weighted by Gasteiger charge is 2.29. The molecular formula is C25H30N4O3. The Balaban J connectivity index is 1.73. The zero-order valence-electron chi connectivity index (χ0n) is 18.9. The molecule has 7 heteroatoms. The Hall–Kier alpha value is -3.48. The Bertz CT molecular complexity index is 1060. The second-order valence-electron chi connectivity index (χ2n) is 8.06. The third-order valence-electron chi connectivity index (χ3n) is 5.53. The van der Waals surface area contributed by atoms with Crippen molar-refractivity contribution in [2.24, 2.45) is 5.92 Å². The molecule has 1 heterocycles. The molecule has 0 unspecified atom stereocenters. The van der Waals surface area contributed by atoms with E-state index < -0.39 is 0 Å². The smallest absolute Gasteiger partial charge is 0.317 e. The van der Waals surface area contributed by atoms with Crippen molar-refractivity contribution in [3.8, 4) is 23.1 Å². The molecular weight excluding hydrogens is 404 g/mol. The van der Waals surface area contributed by atoms with E-state index >= 15 is 0 Å². The molecule has 2 aromatic carbocycles. The van der Waals surface area contributed by atoms with Gasteiger partial charge in [0.05, 0.1) is 30.6 Å². The van der Waals surface area contributed by atoms with E-state index in [0.29, 0.717) is 36.4 Å². The van der Waals surface area contributed by atoms with E-state index in [1.165, 1.54) is 12.8 Å². The van der Waals surface area contributed by atoms with Gasteiger partial charge in [-0.05, 0) is 56.9 Å². The number of urea groups is 1. The maximum absolute atomic E-state index is 12.8. The quantitative estimate of drug-likeness (QED) is 0.519. The van der Waals surface area contributed by atoms with Gasteiger partial charge >= 0.3 is 6.03 Å². The molecule has 1 aliphatic rings. The highest BCUT2D eigenvalue weighted by Crippen LogP contribution is 2.35. The lowest BCUT2D eigenvalue weighted by Gasteiger charge is -2.23. The standard InChI is InChI=1S/C25H30N4O3/c1-4-26-25(30)28(16-19-13-14-19)17-23-18(2)27-29(20-9-6-5-7-10-20)24(23)32-22-12-8-11-21(15-22)31-3/h5-12,15,19H,4,13-14,16-17H2,1-3H3,(H,26,30). The summed E-state index contributed by atoms with van der Waals surface area (Å²) >= 11 is 0. The lowest BCUT2D eigenvalue weighted by Crippen LogP contribution is -2.40. The summed E-state index contributed by atoms with van der Waals surface area (Å²) in [4.78, 5) is 14.7. The van der Waals surface area contributed by atoms with Gasteiger partial charge in [0.25, 0.3) is 0 Å². The minimum Gasteiger partial charge on any atom is -0.497 e. The van der Waals surface area contributed by atoms with Gasteiger partial charge in [-0.15, -0.1) is 0 Å². The van der Waals surface area contributed by atoms with Crippen LogP contribution in [0.2, 0.25) is 0 Å². The molecule has 168 valence electrons. The van der Waals surface area contributed by atoms with E-state index in [2.05, 4.69) is 5.32 Å². The van der Waals surface area contributed by atoms with E-state index in [0.717, 1.165) is 23.5 Å². The normalized spacial score (nSPS) is 13.0. The van der Waals surface area contributed by atoms with Gasteiger partial charge in [0.15, 0.2) is 0 Å². The zero-order valence-corrected chi connectivity index (χ0v) is 18.9. The molecule has 0 spiro atoms. The molecule has 1 saturated carbocycles. The summed E-state index contributed by atoms with van der Waals surface area (Å²) in [5.41, 5.74) is 2.62. The highest BCUT2D eigenvalue weighted by atomic mass is 16.5. The second kappa shape index (κ2) is 9.77. The van der Waals surface area contributed by atoms with E-state index in [1.807, 2.05) is 73.3 Å². The van der Waals surface area contributed by atoms with Crippen LogP contribution in [0.15, 0.2) is 54.6 Å². The van der Waals surface area contributed by atoms with Crippen LogP contribution in [0.1, 0.15) is 31.0 Å². The van der Waals surface area contributed by atoms with E-state index in [9.17, 15) is 4.79 Å². The van der Waals surface area contributed by atoms with Gasteiger partial charge in [-0.2, -0.15) is 5.10 Å². The Morgan fingerprint density at radius 2 is 1.91 bits per heavy atom. The molecule has 0 bridgehead atoms. The van der Waals surface area contributed by atoms with Crippen molar-refractivity contribution >= 4 is 6.03 Å². The van der Waals surface area contributed by atoms with Crippen LogP contribution in [0, 0.1) is 12.8 Å². The maximum Gasteiger partial charge on any atom is 0.317 e. The molecule has 3 aromatic rings. The first kappa shape index (κ1) is 21.7. The summed E-state index contributed by atoms with van der Waals surface area (Å²) in [6.07, 6.45) is 2.34. The first-order valence-corrected chi connectivity index (χ1v) is 11.1. The number of amides is 2. The lowest BCUT2D eigenvalue weighted by molar-refractivity contribution is 0.192. The predicted octanol–water partition coefficient (Wildman–Crippen LogP) is 4.92. The average Bonchev–Trinajstić information content (AvgIpc) is 3.58. The van der Waals surface area contributed by atoms with Crippen LogP contribution in [0.5, 0.6) is 17.4 Å². The molecule has 0 saturated heterocycles. The van der Waals surface area contributed by atoms with E-state index in [4.69, 9.17) is 14.6 Å². The third kappa shape index (κ3) is 5.04. The summed E-state index contributed by atoms with van der Waals surface area (Å²) in [6.45, 7) is 5.65. The van der Waals surface area contributed by atoms with Gasteiger partial charge in [0, 0.05) is 19.2 Å². The number of para-hydroxylation sites is 1. The zero-order chi connectivity index (χ0) is 22.5. The van der Waals surface area contributed by atoms with Gasteiger partial charge in [0.1, 0.15) is 11.5 Å². The van der Waals surface area contributed by atoms with Gasteiger partial charge in [-0.3, -0.25) is 0 Å². The van der Waals surface area contributed by atoms with Crippen LogP contribution >= 0.6 is 0 Å². The molecule has 0 atom stereocenters. The molecule has 4 rings (SSSR count). The van der Waals surface area contributed by atoms with Crippen LogP contribution in [-0.2, 0) is 6.54 Å². The number of aryl methyl sites for hydroxylation is 1. The topological polar surface area (TPSA) is 68.6 Å². The molecule has 2 amide bonds. The van der Waals surface area contributed by atoms with Crippen LogP contribution in [-0.4, -0.2) is 40.9 Å². The lowest BCUT2D eigenvalue weighted by atomic mass is 10.2. The molecule has 0 aliphatic heterocycles. The van der Waals surface area contributed by atoms with E-state index in [1.54, 1.807) is 11.8 Å². The van der Waals surface area contributed by atoms with Crippen molar-refractivity contribution in [1.82, 2.24) is 20.0 Å². The fourth-order valence-electron chi connectivity index (χ4n) is 3.63. The van der Waals surface area contributed by atoms with Crippen molar-refractivity contribution in [2.75, 3.05) is 20.2 Å². The number of aromatic nitrogens is 2. The number of carbonyl (C=O) groups is 1. The molecule has 1 fully saturated rings. The summed E-state index contributed by atoms with van der Waals surface area (Å²) in [5.74, 6) is 2.54. The van der Waals surface area contributed by atoms with Gasteiger partial charge < -0.3 is 19.7 Å². The van der Waals surface area contributed by atoms with Crippen molar-refractivity contribution in [3.63, 3.8) is 0 Å². The Morgan fingerprint density at radius 1 is 1.16 bits per heavy atom.